The molecule has 0 aliphatic carbocycles. The van der Waals surface area contributed by atoms with Crippen molar-refractivity contribution in [1.82, 2.24) is 14.8 Å². The van der Waals surface area contributed by atoms with E-state index in [0.717, 1.165) is 11.3 Å². The Kier molecular flexibility index (Phi) is 6.37. The molecule has 7 nitrogen and oxygen atoms in total. The summed E-state index contributed by atoms with van der Waals surface area (Å²) in [6.07, 6.45) is 3.46. The predicted molar refractivity (Wildman–Crippen MR) is 118 cm³/mol. The number of hydrogen-bond acceptors (Lipinski definition) is 6. The van der Waals surface area contributed by atoms with E-state index in [9.17, 15) is 14.0 Å². The third-order valence-electron chi connectivity index (χ3n) is 4.53. The molecule has 0 bridgehead atoms. The largest absolute Gasteiger partial charge is 0.459 e. The Labute approximate surface area is 187 Å². The molecule has 0 saturated heterocycles. The van der Waals surface area contributed by atoms with Gasteiger partial charge in [-0.15, -0.1) is 11.3 Å². The predicted octanol–water partition coefficient (Wildman–Crippen LogP) is 4.44. The number of hydrogen-bond donors (Lipinski definition) is 0. The van der Waals surface area contributed by atoms with Gasteiger partial charge in [-0.1, -0.05) is 30.3 Å². The average molecular weight is 450 g/mol. The molecule has 2 aromatic carbocycles. The number of amides is 1. The molecule has 0 spiro atoms. The Morgan fingerprint density at radius 3 is 2.62 bits per heavy atom. The lowest BCUT2D eigenvalue weighted by atomic mass is 10.2. The highest BCUT2D eigenvalue weighted by molar-refractivity contribution is 7.14. The molecule has 0 unspecified atom stereocenters. The second-order valence-corrected chi connectivity index (χ2v) is 7.73. The van der Waals surface area contributed by atoms with Crippen LogP contribution in [-0.2, 0) is 27.4 Å². The van der Waals surface area contributed by atoms with Gasteiger partial charge in [-0.2, -0.15) is 5.10 Å². The highest BCUT2D eigenvalue weighted by Gasteiger charge is 2.21. The van der Waals surface area contributed by atoms with Crippen molar-refractivity contribution in [2.45, 2.75) is 20.0 Å². The Balaban J connectivity index is 1.38. The Morgan fingerprint density at radius 1 is 1.12 bits per heavy atom. The molecule has 2 heterocycles. The normalized spacial score (nSPS) is 10.7. The monoisotopic (exact) mass is 450 g/mol. The van der Waals surface area contributed by atoms with Gasteiger partial charge in [-0.05, 0) is 24.3 Å². The number of aromatic nitrogens is 3. The van der Waals surface area contributed by atoms with E-state index < -0.39 is 11.8 Å². The molecule has 0 fully saturated rings. The van der Waals surface area contributed by atoms with Gasteiger partial charge in [0.05, 0.1) is 29.7 Å². The maximum Gasteiger partial charge on any atom is 0.310 e. The second kappa shape index (κ2) is 9.52. The average Bonchev–Trinajstić information content (AvgIpc) is 3.44. The summed E-state index contributed by atoms with van der Waals surface area (Å²) in [6, 6.07) is 15.5. The molecular weight excluding hydrogens is 431 g/mol. The molecule has 0 atom stereocenters. The van der Waals surface area contributed by atoms with Crippen LogP contribution >= 0.6 is 11.3 Å². The number of carbonyl (C=O) groups excluding carboxylic acids is 2. The van der Waals surface area contributed by atoms with E-state index in [2.05, 4.69) is 10.1 Å². The van der Waals surface area contributed by atoms with Crippen LogP contribution in [0.5, 0.6) is 0 Å². The summed E-state index contributed by atoms with van der Waals surface area (Å²) in [6.45, 7) is 1.29. The summed E-state index contributed by atoms with van der Waals surface area (Å²) in [5.74, 6) is -1.32. The molecule has 0 aliphatic rings. The number of nitrogens with zero attached hydrogens (tertiary/aromatic N) is 4. The van der Waals surface area contributed by atoms with Crippen molar-refractivity contribution < 1.29 is 18.7 Å². The van der Waals surface area contributed by atoms with Crippen molar-refractivity contribution in [3.8, 4) is 5.69 Å². The van der Waals surface area contributed by atoms with Crippen LogP contribution in [0.3, 0.4) is 0 Å². The molecule has 0 saturated carbocycles. The minimum Gasteiger partial charge on any atom is -0.459 e. The summed E-state index contributed by atoms with van der Waals surface area (Å²) in [4.78, 5) is 29.9. The lowest BCUT2D eigenvalue weighted by molar-refractivity contribution is -0.144. The molecule has 2 aromatic heterocycles. The van der Waals surface area contributed by atoms with E-state index in [0.29, 0.717) is 10.8 Å². The number of para-hydroxylation sites is 2. The molecular formula is C23H19FN4O3S. The van der Waals surface area contributed by atoms with Crippen LogP contribution in [0.15, 0.2) is 72.4 Å². The van der Waals surface area contributed by atoms with Gasteiger partial charge in [0.1, 0.15) is 12.4 Å². The first-order chi connectivity index (χ1) is 15.5. The SMILES string of the molecule is CC(=O)N(c1nc(COC(=O)Cc2cnn(-c3ccccc3)c2)cs1)c1ccccc1F. The highest BCUT2D eigenvalue weighted by Crippen LogP contribution is 2.30. The number of carbonyl (C=O) groups is 2. The zero-order valence-corrected chi connectivity index (χ0v) is 18.0. The van der Waals surface area contributed by atoms with Gasteiger partial charge < -0.3 is 4.74 Å². The van der Waals surface area contributed by atoms with Crippen LogP contribution in [-0.4, -0.2) is 26.6 Å². The number of anilines is 2. The first-order valence-electron chi connectivity index (χ1n) is 9.75. The topological polar surface area (TPSA) is 77.3 Å². The fourth-order valence-corrected chi connectivity index (χ4v) is 3.92. The summed E-state index contributed by atoms with van der Waals surface area (Å²) in [5, 5.41) is 6.24. The van der Waals surface area contributed by atoms with Gasteiger partial charge in [-0.3, -0.25) is 14.5 Å². The highest BCUT2D eigenvalue weighted by atomic mass is 32.1. The summed E-state index contributed by atoms with van der Waals surface area (Å²) < 4.78 is 21.2. The quantitative estimate of drug-likeness (QED) is 0.389. The van der Waals surface area contributed by atoms with Crippen molar-refractivity contribution in [3.63, 3.8) is 0 Å². The molecule has 0 N–H and O–H groups in total. The molecule has 9 heteroatoms. The molecule has 0 radical (unpaired) electrons. The van der Waals surface area contributed by atoms with E-state index >= 15 is 0 Å². The van der Waals surface area contributed by atoms with Crippen molar-refractivity contribution >= 4 is 34.0 Å². The van der Waals surface area contributed by atoms with E-state index in [1.54, 1.807) is 34.6 Å². The van der Waals surface area contributed by atoms with Crippen LogP contribution < -0.4 is 4.90 Å². The van der Waals surface area contributed by atoms with Gasteiger partial charge in [-0.25, -0.2) is 14.1 Å². The summed E-state index contributed by atoms with van der Waals surface area (Å²) in [7, 11) is 0. The van der Waals surface area contributed by atoms with Gasteiger partial charge >= 0.3 is 5.97 Å². The smallest absolute Gasteiger partial charge is 0.310 e. The molecule has 162 valence electrons. The molecule has 1 amide bonds. The second-order valence-electron chi connectivity index (χ2n) is 6.89. The van der Waals surface area contributed by atoms with Crippen LogP contribution in [0.25, 0.3) is 5.69 Å². The number of rotatable bonds is 7. The van der Waals surface area contributed by atoms with Crippen molar-refractivity contribution in [3.05, 3.63) is 89.4 Å². The van der Waals surface area contributed by atoms with E-state index in [4.69, 9.17) is 4.74 Å². The number of halogens is 1. The Bertz CT molecular complexity index is 1240. The van der Waals surface area contributed by atoms with Gasteiger partial charge in [0.25, 0.3) is 0 Å². The number of benzene rings is 2. The minimum absolute atomic E-state index is 0.0504. The first kappa shape index (κ1) is 21.4. The molecule has 4 rings (SSSR count). The van der Waals surface area contributed by atoms with Crippen molar-refractivity contribution in [2.24, 2.45) is 0 Å². The zero-order chi connectivity index (χ0) is 22.5. The fourth-order valence-electron chi connectivity index (χ4n) is 3.05. The van der Waals surface area contributed by atoms with Crippen LogP contribution in [0, 0.1) is 5.82 Å². The molecule has 0 aliphatic heterocycles. The maximum absolute atomic E-state index is 14.2. The van der Waals surface area contributed by atoms with E-state index in [1.807, 2.05) is 30.3 Å². The Morgan fingerprint density at radius 2 is 1.88 bits per heavy atom. The van der Waals surface area contributed by atoms with Gasteiger partial charge in [0.2, 0.25) is 5.91 Å². The van der Waals surface area contributed by atoms with Crippen molar-refractivity contribution in [2.75, 3.05) is 4.90 Å². The van der Waals surface area contributed by atoms with Crippen LogP contribution in [0.4, 0.5) is 15.2 Å². The maximum atomic E-state index is 14.2. The molecule has 32 heavy (non-hydrogen) atoms. The fraction of sp³-hybridized carbons (Fsp3) is 0.130. The van der Waals surface area contributed by atoms with E-state index in [1.165, 1.54) is 35.3 Å². The van der Waals surface area contributed by atoms with Crippen LogP contribution in [0.1, 0.15) is 18.2 Å². The van der Waals surface area contributed by atoms with E-state index in [-0.39, 0.29) is 24.6 Å². The number of esters is 1. The molecule has 4 aromatic rings. The summed E-state index contributed by atoms with van der Waals surface area (Å²) >= 11 is 1.17. The number of thiazole rings is 1. The minimum atomic E-state index is -0.526. The summed E-state index contributed by atoms with van der Waals surface area (Å²) in [5.41, 5.74) is 2.21. The Hall–Kier alpha value is -3.85. The van der Waals surface area contributed by atoms with Gasteiger partial charge in [0.15, 0.2) is 5.13 Å². The van der Waals surface area contributed by atoms with Gasteiger partial charge in [0, 0.05) is 24.1 Å². The zero-order valence-electron chi connectivity index (χ0n) is 17.1. The third-order valence-corrected chi connectivity index (χ3v) is 5.40. The third kappa shape index (κ3) is 4.89. The first-order valence-corrected chi connectivity index (χ1v) is 10.6. The lowest BCUT2D eigenvalue weighted by Gasteiger charge is -2.18. The number of ether oxygens (including phenoxy) is 1. The standard InChI is InChI=1S/C23H19FN4O3S/c1-16(29)28(21-10-6-5-9-20(21)24)23-26-18(15-32-23)14-31-22(30)11-17-12-25-27(13-17)19-7-3-2-4-8-19/h2-10,12-13,15H,11,14H2,1H3. The van der Waals surface area contributed by atoms with Crippen molar-refractivity contribution in [1.29, 1.82) is 0 Å². The van der Waals surface area contributed by atoms with Crippen LogP contribution in [0.2, 0.25) is 0 Å². The lowest BCUT2D eigenvalue weighted by Crippen LogP contribution is -2.23.